The first-order valence-corrected chi connectivity index (χ1v) is 5.37. The molecule has 1 aromatic rings. The number of amides is 1. The van der Waals surface area contributed by atoms with Crippen LogP contribution in [0, 0.1) is 12.8 Å². The SMILES string of the molecule is Cc1ccncc1C(=O)N[C@@H](C(=O)O)C(C)C. The number of nitrogens with one attached hydrogen (secondary N) is 1. The lowest BCUT2D eigenvalue weighted by atomic mass is 10.0. The Balaban J connectivity index is 2.85. The van der Waals surface area contributed by atoms with E-state index in [2.05, 4.69) is 10.3 Å². The Bertz CT molecular complexity index is 430. The van der Waals surface area contributed by atoms with Crippen LogP contribution >= 0.6 is 0 Å². The fourth-order valence-electron chi connectivity index (χ4n) is 1.43. The summed E-state index contributed by atoms with van der Waals surface area (Å²) in [5, 5.41) is 11.5. The zero-order chi connectivity index (χ0) is 13.0. The topological polar surface area (TPSA) is 79.3 Å². The Labute approximate surface area is 99.9 Å². The summed E-state index contributed by atoms with van der Waals surface area (Å²) in [5.41, 5.74) is 1.17. The predicted octanol–water partition coefficient (Wildman–Crippen LogP) is 1.23. The molecule has 0 aliphatic rings. The van der Waals surface area contributed by atoms with Crippen LogP contribution in [0.5, 0.6) is 0 Å². The van der Waals surface area contributed by atoms with Crippen LogP contribution in [-0.4, -0.2) is 28.0 Å². The van der Waals surface area contributed by atoms with Crippen molar-refractivity contribution in [3.05, 3.63) is 29.6 Å². The molecular weight excluding hydrogens is 220 g/mol. The van der Waals surface area contributed by atoms with Gasteiger partial charge in [-0.1, -0.05) is 13.8 Å². The number of nitrogens with zero attached hydrogens (tertiary/aromatic N) is 1. The van der Waals surface area contributed by atoms with Crippen LogP contribution < -0.4 is 5.32 Å². The van der Waals surface area contributed by atoms with Crippen LogP contribution in [0.25, 0.3) is 0 Å². The van der Waals surface area contributed by atoms with Gasteiger partial charge in [-0.3, -0.25) is 9.78 Å². The highest BCUT2D eigenvalue weighted by molar-refractivity contribution is 5.97. The Morgan fingerprint density at radius 3 is 2.53 bits per heavy atom. The fourth-order valence-corrected chi connectivity index (χ4v) is 1.43. The van der Waals surface area contributed by atoms with E-state index in [0.29, 0.717) is 5.56 Å². The summed E-state index contributed by atoms with van der Waals surface area (Å²) in [7, 11) is 0. The van der Waals surface area contributed by atoms with Gasteiger partial charge in [0.15, 0.2) is 0 Å². The molecule has 0 bridgehead atoms. The summed E-state index contributed by atoms with van der Waals surface area (Å²) in [4.78, 5) is 26.7. The second-order valence-electron chi connectivity index (χ2n) is 4.22. The van der Waals surface area contributed by atoms with Crippen molar-refractivity contribution in [2.24, 2.45) is 5.92 Å². The molecule has 0 radical (unpaired) electrons. The number of carboxylic acid groups (broad SMARTS) is 1. The number of pyridine rings is 1. The zero-order valence-electron chi connectivity index (χ0n) is 10.1. The summed E-state index contributed by atoms with van der Waals surface area (Å²) in [6.45, 7) is 5.27. The summed E-state index contributed by atoms with van der Waals surface area (Å²) in [6, 6.07) is 0.821. The minimum absolute atomic E-state index is 0.173. The van der Waals surface area contributed by atoms with E-state index in [0.717, 1.165) is 5.56 Å². The third-order valence-electron chi connectivity index (χ3n) is 2.50. The molecule has 2 N–H and O–H groups in total. The predicted molar refractivity (Wildman–Crippen MR) is 62.7 cm³/mol. The molecule has 1 atom stereocenters. The third-order valence-corrected chi connectivity index (χ3v) is 2.50. The van der Waals surface area contributed by atoms with Crippen molar-refractivity contribution in [3.8, 4) is 0 Å². The van der Waals surface area contributed by atoms with E-state index in [1.807, 2.05) is 0 Å². The minimum atomic E-state index is -1.03. The van der Waals surface area contributed by atoms with Crippen molar-refractivity contribution in [1.82, 2.24) is 10.3 Å². The second kappa shape index (κ2) is 5.43. The molecule has 0 spiro atoms. The standard InChI is InChI=1S/C12H16N2O3/c1-7(2)10(12(16)17)14-11(15)9-6-13-5-4-8(9)3/h4-7,10H,1-3H3,(H,14,15)(H,16,17)/t10-/m1/s1. The summed E-state index contributed by atoms with van der Waals surface area (Å²) >= 11 is 0. The van der Waals surface area contributed by atoms with Crippen LogP contribution in [0.4, 0.5) is 0 Å². The molecule has 0 aromatic carbocycles. The van der Waals surface area contributed by atoms with Crippen LogP contribution in [0.15, 0.2) is 18.5 Å². The first kappa shape index (κ1) is 13.2. The van der Waals surface area contributed by atoms with Crippen molar-refractivity contribution in [3.63, 3.8) is 0 Å². The molecule has 92 valence electrons. The first-order chi connectivity index (χ1) is 7.93. The lowest BCUT2D eigenvalue weighted by Gasteiger charge is -2.18. The van der Waals surface area contributed by atoms with E-state index < -0.39 is 17.9 Å². The highest BCUT2D eigenvalue weighted by atomic mass is 16.4. The number of hydrogen-bond donors (Lipinski definition) is 2. The Morgan fingerprint density at radius 2 is 2.06 bits per heavy atom. The number of aliphatic carboxylic acids is 1. The van der Waals surface area contributed by atoms with Gasteiger partial charge in [-0.05, 0) is 24.5 Å². The number of hydrogen-bond acceptors (Lipinski definition) is 3. The number of carbonyl (C=O) groups excluding carboxylic acids is 1. The van der Waals surface area contributed by atoms with Crippen LogP contribution in [0.1, 0.15) is 29.8 Å². The van der Waals surface area contributed by atoms with Crippen molar-refractivity contribution in [2.45, 2.75) is 26.8 Å². The largest absolute Gasteiger partial charge is 0.480 e. The number of aromatic nitrogens is 1. The maximum absolute atomic E-state index is 11.9. The molecule has 5 nitrogen and oxygen atoms in total. The van der Waals surface area contributed by atoms with Crippen LogP contribution in [0.3, 0.4) is 0 Å². The molecule has 1 heterocycles. The quantitative estimate of drug-likeness (QED) is 0.824. The van der Waals surface area contributed by atoms with Gasteiger partial charge in [-0.15, -0.1) is 0 Å². The fraction of sp³-hybridized carbons (Fsp3) is 0.417. The number of carboxylic acids is 1. The lowest BCUT2D eigenvalue weighted by molar-refractivity contribution is -0.140. The Morgan fingerprint density at radius 1 is 1.41 bits per heavy atom. The van der Waals surface area contributed by atoms with E-state index in [9.17, 15) is 9.59 Å². The van der Waals surface area contributed by atoms with E-state index >= 15 is 0 Å². The number of aryl methyl sites for hydroxylation is 1. The van der Waals surface area contributed by atoms with Gasteiger partial charge in [0.1, 0.15) is 6.04 Å². The molecule has 17 heavy (non-hydrogen) atoms. The van der Waals surface area contributed by atoms with Crippen molar-refractivity contribution in [2.75, 3.05) is 0 Å². The van der Waals surface area contributed by atoms with Gasteiger partial charge in [-0.2, -0.15) is 0 Å². The van der Waals surface area contributed by atoms with Gasteiger partial charge < -0.3 is 10.4 Å². The van der Waals surface area contributed by atoms with Gasteiger partial charge in [0.25, 0.3) is 5.91 Å². The van der Waals surface area contributed by atoms with E-state index in [-0.39, 0.29) is 5.92 Å². The molecule has 0 unspecified atom stereocenters. The average molecular weight is 236 g/mol. The normalized spacial score (nSPS) is 12.2. The maximum atomic E-state index is 11.9. The smallest absolute Gasteiger partial charge is 0.326 e. The van der Waals surface area contributed by atoms with Crippen LogP contribution in [-0.2, 0) is 4.79 Å². The summed E-state index contributed by atoms with van der Waals surface area (Å²) in [5.74, 6) is -1.61. The highest BCUT2D eigenvalue weighted by Crippen LogP contribution is 2.07. The lowest BCUT2D eigenvalue weighted by Crippen LogP contribution is -2.44. The number of carbonyl (C=O) groups is 2. The molecule has 0 aliphatic heterocycles. The van der Waals surface area contributed by atoms with E-state index in [1.165, 1.54) is 6.20 Å². The molecular formula is C12H16N2O3. The van der Waals surface area contributed by atoms with E-state index in [4.69, 9.17) is 5.11 Å². The molecule has 0 saturated heterocycles. The molecule has 1 rings (SSSR count). The summed E-state index contributed by atoms with van der Waals surface area (Å²) < 4.78 is 0. The molecule has 0 fully saturated rings. The first-order valence-electron chi connectivity index (χ1n) is 5.37. The van der Waals surface area contributed by atoms with Gasteiger partial charge in [0.2, 0.25) is 0 Å². The Kier molecular flexibility index (Phi) is 4.20. The minimum Gasteiger partial charge on any atom is -0.480 e. The van der Waals surface area contributed by atoms with Crippen molar-refractivity contribution < 1.29 is 14.7 Å². The number of rotatable bonds is 4. The van der Waals surface area contributed by atoms with Gasteiger partial charge in [-0.25, -0.2) is 4.79 Å². The second-order valence-corrected chi connectivity index (χ2v) is 4.22. The average Bonchev–Trinajstić information content (AvgIpc) is 2.25. The zero-order valence-corrected chi connectivity index (χ0v) is 10.1. The van der Waals surface area contributed by atoms with Gasteiger partial charge in [0, 0.05) is 12.4 Å². The maximum Gasteiger partial charge on any atom is 0.326 e. The highest BCUT2D eigenvalue weighted by Gasteiger charge is 2.24. The summed E-state index contributed by atoms with van der Waals surface area (Å²) in [6.07, 6.45) is 3.02. The van der Waals surface area contributed by atoms with Crippen molar-refractivity contribution in [1.29, 1.82) is 0 Å². The van der Waals surface area contributed by atoms with E-state index in [1.54, 1.807) is 33.0 Å². The van der Waals surface area contributed by atoms with Crippen LogP contribution in [0.2, 0.25) is 0 Å². The molecule has 5 heteroatoms. The molecule has 0 saturated carbocycles. The van der Waals surface area contributed by atoms with Gasteiger partial charge in [0.05, 0.1) is 5.56 Å². The Hall–Kier alpha value is -1.91. The molecule has 1 aromatic heterocycles. The monoisotopic (exact) mass is 236 g/mol. The molecule has 0 aliphatic carbocycles. The molecule has 1 amide bonds. The van der Waals surface area contributed by atoms with Crippen molar-refractivity contribution >= 4 is 11.9 Å². The van der Waals surface area contributed by atoms with Gasteiger partial charge >= 0.3 is 5.97 Å². The third kappa shape index (κ3) is 3.27.